The molecule has 2 N–H and O–H groups in total. The van der Waals surface area contributed by atoms with Gasteiger partial charge in [-0.3, -0.25) is 9.69 Å². The fourth-order valence-electron chi connectivity index (χ4n) is 3.83. The van der Waals surface area contributed by atoms with Gasteiger partial charge in [-0.1, -0.05) is 24.3 Å². The lowest BCUT2D eigenvalue weighted by Crippen LogP contribution is -2.39. The molecule has 2 heterocycles. The van der Waals surface area contributed by atoms with E-state index in [2.05, 4.69) is 15.6 Å². The average molecular weight is 463 g/mol. The van der Waals surface area contributed by atoms with Crippen molar-refractivity contribution in [3.05, 3.63) is 77.0 Å². The predicted octanol–water partition coefficient (Wildman–Crippen LogP) is 4.78. The smallest absolute Gasteiger partial charge is 0.326 e. The second-order valence-corrected chi connectivity index (χ2v) is 8.82. The van der Waals surface area contributed by atoms with Crippen LogP contribution >= 0.6 is 11.8 Å². The van der Waals surface area contributed by atoms with E-state index >= 15 is 0 Å². The second-order valence-electron chi connectivity index (χ2n) is 7.74. The number of amides is 3. The van der Waals surface area contributed by atoms with E-state index in [-0.39, 0.29) is 11.9 Å². The average Bonchev–Trinajstić information content (AvgIpc) is 2.82. The number of anilines is 2. The number of nitrogens with one attached hydrogen (secondary N) is 2. The Kier molecular flexibility index (Phi) is 6.84. The molecular weight excluding hydrogens is 436 g/mol. The van der Waals surface area contributed by atoms with Crippen LogP contribution in [0.5, 0.6) is 5.75 Å². The Balaban J connectivity index is 1.46. The van der Waals surface area contributed by atoms with Crippen molar-refractivity contribution >= 4 is 35.1 Å². The molecule has 4 rings (SSSR count). The first-order valence-electron chi connectivity index (χ1n) is 10.7. The third-order valence-corrected chi connectivity index (χ3v) is 6.30. The summed E-state index contributed by atoms with van der Waals surface area (Å²) < 4.78 is 5.33. The zero-order chi connectivity index (χ0) is 23.4. The molecule has 0 fully saturated rings. The van der Waals surface area contributed by atoms with Crippen LogP contribution in [0, 0.1) is 13.8 Å². The number of carbonyl (C=O) groups excluding carboxylic acids is 2. The number of rotatable bonds is 5. The van der Waals surface area contributed by atoms with Gasteiger partial charge in [0.25, 0.3) is 5.91 Å². The minimum Gasteiger partial charge on any atom is -0.496 e. The van der Waals surface area contributed by atoms with Crippen molar-refractivity contribution in [1.29, 1.82) is 0 Å². The van der Waals surface area contributed by atoms with E-state index in [0.29, 0.717) is 24.3 Å². The minimum absolute atomic E-state index is 0.229. The van der Waals surface area contributed by atoms with Crippen molar-refractivity contribution in [2.45, 2.75) is 25.4 Å². The zero-order valence-corrected chi connectivity index (χ0v) is 19.7. The van der Waals surface area contributed by atoms with E-state index in [9.17, 15) is 9.59 Å². The number of carbonyl (C=O) groups is 2. The highest BCUT2D eigenvalue weighted by Gasteiger charge is 2.26. The van der Waals surface area contributed by atoms with Crippen molar-refractivity contribution in [2.24, 2.45) is 0 Å². The highest BCUT2D eigenvalue weighted by atomic mass is 32.2. The van der Waals surface area contributed by atoms with Crippen LogP contribution in [0.4, 0.5) is 16.2 Å². The first-order valence-corrected chi connectivity index (χ1v) is 11.6. The molecule has 1 aromatic heterocycles. The fourth-order valence-corrected chi connectivity index (χ4v) is 4.91. The summed E-state index contributed by atoms with van der Waals surface area (Å²) in [7, 11) is 1.60. The molecule has 1 aliphatic heterocycles. The van der Waals surface area contributed by atoms with Crippen molar-refractivity contribution in [1.82, 2.24) is 10.3 Å². The maximum absolute atomic E-state index is 13.1. The van der Waals surface area contributed by atoms with Gasteiger partial charge in [0.15, 0.2) is 0 Å². The van der Waals surface area contributed by atoms with Crippen molar-refractivity contribution in [3.8, 4) is 5.75 Å². The van der Waals surface area contributed by atoms with Gasteiger partial charge >= 0.3 is 6.03 Å². The SMILES string of the molecule is COc1ccccc1CNC(=O)c1cccc(NC(=O)N2CCSc3nc(C)cc(C)c32)c1. The van der Waals surface area contributed by atoms with E-state index in [1.54, 1.807) is 48.0 Å². The van der Waals surface area contributed by atoms with E-state index < -0.39 is 0 Å². The number of fused-ring (bicyclic) bond motifs is 1. The number of nitrogens with zero attached hydrogens (tertiary/aromatic N) is 2. The van der Waals surface area contributed by atoms with Gasteiger partial charge in [0.2, 0.25) is 0 Å². The lowest BCUT2D eigenvalue weighted by atomic mass is 10.1. The van der Waals surface area contributed by atoms with E-state index in [4.69, 9.17) is 4.74 Å². The second kappa shape index (κ2) is 9.95. The highest BCUT2D eigenvalue weighted by molar-refractivity contribution is 7.99. The summed E-state index contributed by atoms with van der Waals surface area (Å²) in [5.41, 5.74) is 4.71. The number of para-hydroxylation sites is 1. The van der Waals surface area contributed by atoms with Crippen molar-refractivity contribution < 1.29 is 14.3 Å². The monoisotopic (exact) mass is 462 g/mol. The highest BCUT2D eigenvalue weighted by Crippen LogP contribution is 2.36. The summed E-state index contributed by atoms with van der Waals surface area (Å²) >= 11 is 1.66. The van der Waals surface area contributed by atoms with Crippen LogP contribution in [0.3, 0.4) is 0 Å². The molecule has 0 aliphatic carbocycles. The quantitative estimate of drug-likeness (QED) is 0.570. The molecule has 1 aliphatic rings. The number of hydrogen-bond donors (Lipinski definition) is 2. The molecule has 3 aromatic rings. The van der Waals surface area contributed by atoms with Crippen molar-refractivity contribution in [3.63, 3.8) is 0 Å². The number of ether oxygens (including phenoxy) is 1. The molecule has 0 atom stereocenters. The van der Waals surface area contributed by atoms with Gasteiger partial charge in [-0.2, -0.15) is 0 Å². The number of urea groups is 1. The summed E-state index contributed by atoms with van der Waals surface area (Å²) in [6.07, 6.45) is 0. The summed E-state index contributed by atoms with van der Waals surface area (Å²) in [5, 5.41) is 6.71. The Morgan fingerprint density at radius 1 is 1.12 bits per heavy atom. The number of hydrogen-bond acceptors (Lipinski definition) is 5. The van der Waals surface area contributed by atoms with Crippen molar-refractivity contribution in [2.75, 3.05) is 29.6 Å². The molecule has 0 saturated heterocycles. The molecule has 8 heteroatoms. The minimum atomic E-state index is -0.239. The lowest BCUT2D eigenvalue weighted by Gasteiger charge is -2.30. The van der Waals surface area contributed by atoms with Gasteiger partial charge in [-0.15, -0.1) is 11.8 Å². The van der Waals surface area contributed by atoms with Crippen LogP contribution in [-0.4, -0.2) is 36.3 Å². The van der Waals surface area contributed by atoms with Gasteiger partial charge in [0.05, 0.1) is 12.8 Å². The Bertz CT molecular complexity index is 1200. The number of aryl methyl sites for hydroxylation is 2. The van der Waals surface area contributed by atoms with E-state index in [0.717, 1.165) is 39.0 Å². The number of methoxy groups -OCH3 is 1. The third-order valence-electron chi connectivity index (χ3n) is 5.36. The maximum Gasteiger partial charge on any atom is 0.326 e. The standard InChI is InChI=1S/C25H26N4O3S/c1-16-13-17(2)27-24-22(16)29(11-12-33-24)25(31)28-20-9-6-8-18(14-20)23(30)26-15-19-7-4-5-10-21(19)32-3/h4-10,13-14H,11-12,15H2,1-3H3,(H,26,30)(H,28,31). The number of aromatic nitrogens is 1. The first-order chi connectivity index (χ1) is 16.0. The lowest BCUT2D eigenvalue weighted by molar-refractivity contribution is 0.0950. The summed E-state index contributed by atoms with van der Waals surface area (Å²) in [6, 6.07) is 16.2. The molecule has 3 amide bonds. The van der Waals surface area contributed by atoms with Gasteiger partial charge < -0.3 is 15.4 Å². The molecule has 2 aromatic carbocycles. The molecular formula is C25H26N4O3S. The number of thioether (sulfide) groups is 1. The molecule has 0 radical (unpaired) electrons. The van der Waals surface area contributed by atoms with Gasteiger partial charge in [-0.05, 0) is 49.7 Å². The van der Waals surface area contributed by atoms with Crippen LogP contribution in [0.2, 0.25) is 0 Å². The van der Waals surface area contributed by atoms with Gasteiger partial charge in [0, 0.05) is 41.4 Å². The predicted molar refractivity (Wildman–Crippen MR) is 131 cm³/mol. The molecule has 33 heavy (non-hydrogen) atoms. The molecule has 170 valence electrons. The third kappa shape index (κ3) is 5.12. The molecule has 7 nitrogen and oxygen atoms in total. The molecule has 0 unspecified atom stereocenters. The van der Waals surface area contributed by atoms with Crippen LogP contribution in [0.25, 0.3) is 0 Å². The Morgan fingerprint density at radius 3 is 2.76 bits per heavy atom. The Hall–Kier alpha value is -3.52. The molecule has 0 saturated carbocycles. The zero-order valence-electron chi connectivity index (χ0n) is 18.8. The van der Waals surface area contributed by atoms with Crippen LogP contribution in [-0.2, 0) is 6.54 Å². The maximum atomic E-state index is 13.1. The summed E-state index contributed by atoms with van der Waals surface area (Å²) in [5.74, 6) is 1.27. The summed E-state index contributed by atoms with van der Waals surface area (Å²) in [6.45, 7) is 4.88. The largest absolute Gasteiger partial charge is 0.496 e. The van der Waals surface area contributed by atoms with Gasteiger partial charge in [-0.25, -0.2) is 9.78 Å². The molecule has 0 spiro atoms. The van der Waals surface area contributed by atoms with Gasteiger partial charge in [0.1, 0.15) is 10.8 Å². The van der Waals surface area contributed by atoms with Crippen LogP contribution < -0.4 is 20.3 Å². The summed E-state index contributed by atoms with van der Waals surface area (Å²) in [4.78, 5) is 32.1. The Labute approximate surface area is 197 Å². The van der Waals surface area contributed by atoms with Crippen LogP contribution in [0.15, 0.2) is 59.6 Å². The molecule has 0 bridgehead atoms. The van der Waals surface area contributed by atoms with Crippen LogP contribution in [0.1, 0.15) is 27.2 Å². The number of benzene rings is 2. The van der Waals surface area contributed by atoms with E-state index in [1.807, 2.05) is 44.2 Å². The number of pyridine rings is 1. The first kappa shape index (κ1) is 22.7. The fraction of sp³-hybridized carbons (Fsp3) is 0.240. The normalized spacial score (nSPS) is 12.6. The van der Waals surface area contributed by atoms with E-state index in [1.165, 1.54) is 0 Å². The Morgan fingerprint density at radius 2 is 1.94 bits per heavy atom. The topological polar surface area (TPSA) is 83.6 Å².